The second kappa shape index (κ2) is 7.28. The van der Waals surface area contributed by atoms with Gasteiger partial charge in [-0.25, -0.2) is 0 Å². The Bertz CT molecular complexity index is 1060. The van der Waals surface area contributed by atoms with Crippen molar-refractivity contribution in [3.8, 4) is 22.8 Å². The van der Waals surface area contributed by atoms with E-state index in [1.54, 1.807) is 12.4 Å². The van der Waals surface area contributed by atoms with E-state index in [1.807, 2.05) is 54.9 Å². The topological polar surface area (TPSA) is 82.5 Å². The average Bonchev–Trinajstić information content (AvgIpc) is 3.31. The lowest BCUT2D eigenvalue weighted by molar-refractivity contribution is 0.357. The zero-order valence-electron chi connectivity index (χ0n) is 14.9. The molecule has 3 aromatic heterocycles. The molecular formula is C19H17ClN6O. The molecule has 1 aromatic carbocycles. The lowest BCUT2D eigenvalue weighted by atomic mass is 10.1. The Labute approximate surface area is 161 Å². The molecule has 4 aromatic rings. The summed E-state index contributed by atoms with van der Waals surface area (Å²) >= 11 is 6.03. The number of nitrogens with zero attached hydrogens (tertiary/aromatic N) is 6. The molecule has 0 radical (unpaired) electrons. The second-order valence-electron chi connectivity index (χ2n) is 6.31. The van der Waals surface area contributed by atoms with E-state index in [0.29, 0.717) is 23.2 Å². The Morgan fingerprint density at radius 2 is 1.93 bits per heavy atom. The molecule has 1 atom stereocenters. The van der Waals surface area contributed by atoms with Gasteiger partial charge in [0.25, 0.3) is 0 Å². The lowest BCUT2D eigenvalue weighted by Crippen LogP contribution is -2.06. The number of rotatable bonds is 5. The lowest BCUT2D eigenvalue weighted by Gasteiger charge is -2.07. The molecule has 0 fully saturated rings. The van der Waals surface area contributed by atoms with Crippen LogP contribution in [0.1, 0.15) is 24.6 Å². The summed E-state index contributed by atoms with van der Waals surface area (Å²) in [7, 11) is 1.95. The van der Waals surface area contributed by atoms with Crippen LogP contribution in [-0.4, -0.2) is 29.9 Å². The van der Waals surface area contributed by atoms with Crippen LogP contribution in [0.3, 0.4) is 0 Å². The highest BCUT2D eigenvalue weighted by Gasteiger charge is 2.20. The number of halogens is 1. The van der Waals surface area contributed by atoms with Crippen LogP contribution in [0.15, 0.2) is 53.3 Å². The van der Waals surface area contributed by atoms with Crippen LogP contribution in [0.2, 0.25) is 5.02 Å². The summed E-state index contributed by atoms with van der Waals surface area (Å²) in [5, 5.41) is 13.3. The van der Waals surface area contributed by atoms with Gasteiger partial charge in [-0.2, -0.15) is 4.98 Å². The van der Waals surface area contributed by atoms with Crippen LogP contribution in [0, 0.1) is 0 Å². The Kier molecular flexibility index (Phi) is 4.68. The van der Waals surface area contributed by atoms with E-state index in [1.165, 1.54) is 0 Å². The summed E-state index contributed by atoms with van der Waals surface area (Å²) < 4.78 is 7.43. The van der Waals surface area contributed by atoms with Crippen molar-refractivity contribution >= 4 is 11.6 Å². The summed E-state index contributed by atoms with van der Waals surface area (Å²) in [5.74, 6) is 2.72. The van der Waals surface area contributed by atoms with Gasteiger partial charge < -0.3 is 9.09 Å². The van der Waals surface area contributed by atoms with Gasteiger partial charge >= 0.3 is 0 Å². The molecule has 4 rings (SSSR count). The normalized spacial score (nSPS) is 12.3. The SMILES string of the molecule is C[C@@H](Cc1nnc(-c2ccncc2)n1C)c1nc(-c2cccc(Cl)c2)no1. The molecule has 136 valence electrons. The third-order valence-electron chi connectivity index (χ3n) is 4.34. The van der Waals surface area contributed by atoms with E-state index in [0.717, 1.165) is 22.8 Å². The molecule has 0 saturated carbocycles. The van der Waals surface area contributed by atoms with Crippen LogP contribution in [0.5, 0.6) is 0 Å². The zero-order chi connectivity index (χ0) is 18.8. The van der Waals surface area contributed by atoms with Gasteiger partial charge in [0.1, 0.15) is 5.82 Å². The van der Waals surface area contributed by atoms with Gasteiger partial charge in [-0.1, -0.05) is 35.8 Å². The summed E-state index contributed by atoms with van der Waals surface area (Å²) in [6.07, 6.45) is 4.11. The molecule has 0 aliphatic carbocycles. The minimum atomic E-state index is -0.00127. The molecule has 7 nitrogen and oxygen atoms in total. The van der Waals surface area contributed by atoms with Crippen LogP contribution in [-0.2, 0) is 13.5 Å². The van der Waals surface area contributed by atoms with E-state index in [4.69, 9.17) is 16.1 Å². The van der Waals surface area contributed by atoms with Crippen LogP contribution >= 0.6 is 11.6 Å². The second-order valence-corrected chi connectivity index (χ2v) is 6.74. The van der Waals surface area contributed by atoms with Gasteiger partial charge in [0.05, 0.1) is 0 Å². The Balaban J connectivity index is 1.53. The largest absolute Gasteiger partial charge is 0.339 e. The quantitative estimate of drug-likeness (QED) is 0.521. The summed E-state index contributed by atoms with van der Waals surface area (Å²) in [4.78, 5) is 8.54. The monoisotopic (exact) mass is 380 g/mol. The smallest absolute Gasteiger partial charge is 0.230 e. The summed E-state index contributed by atoms with van der Waals surface area (Å²) in [6, 6.07) is 11.2. The first-order chi connectivity index (χ1) is 13.1. The number of hydrogen-bond donors (Lipinski definition) is 0. The van der Waals surface area contributed by atoms with E-state index < -0.39 is 0 Å². The number of aromatic nitrogens is 6. The first kappa shape index (κ1) is 17.4. The summed E-state index contributed by atoms with van der Waals surface area (Å²) in [6.45, 7) is 2.02. The van der Waals surface area contributed by atoms with E-state index in [2.05, 4.69) is 25.3 Å². The van der Waals surface area contributed by atoms with Crippen molar-refractivity contribution in [1.29, 1.82) is 0 Å². The first-order valence-electron chi connectivity index (χ1n) is 8.50. The highest BCUT2D eigenvalue weighted by molar-refractivity contribution is 6.30. The highest BCUT2D eigenvalue weighted by atomic mass is 35.5. The molecule has 0 spiro atoms. The van der Waals surface area contributed by atoms with E-state index in [-0.39, 0.29) is 5.92 Å². The van der Waals surface area contributed by atoms with Gasteiger partial charge in [-0.3, -0.25) is 4.98 Å². The van der Waals surface area contributed by atoms with Gasteiger partial charge in [-0.05, 0) is 24.3 Å². The van der Waals surface area contributed by atoms with Gasteiger partial charge in [-0.15, -0.1) is 10.2 Å². The number of benzene rings is 1. The first-order valence-corrected chi connectivity index (χ1v) is 8.88. The number of pyridine rings is 1. The molecule has 0 aliphatic rings. The predicted molar refractivity (Wildman–Crippen MR) is 101 cm³/mol. The molecule has 0 bridgehead atoms. The molecular weight excluding hydrogens is 364 g/mol. The molecule has 0 unspecified atom stereocenters. The molecule has 8 heteroatoms. The highest BCUT2D eigenvalue weighted by Crippen LogP contribution is 2.25. The molecule has 3 heterocycles. The Morgan fingerprint density at radius 1 is 1.11 bits per heavy atom. The fourth-order valence-electron chi connectivity index (χ4n) is 2.83. The minimum absolute atomic E-state index is 0.00127. The fraction of sp³-hybridized carbons (Fsp3) is 0.211. The fourth-order valence-corrected chi connectivity index (χ4v) is 3.02. The molecule has 0 amide bonds. The number of hydrogen-bond acceptors (Lipinski definition) is 6. The third kappa shape index (κ3) is 3.59. The predicted octanol–water partition coefficient (Wildman–Crippen LogP) is 3.93. The maximum Gasteiger partial charge on any atom is 0.230 e. The Hall–Kier alpha value is -3.06. The van der Waals surface area contributed by atoms with Gasteiger partial charge in [0.2, 0.25) is 11.7 Å². The molecule has 0 aliphatic heterocycles. The van der Waals surface area contributed by atoms with E-state index in [9.17, 15) is 0 Å². The van der Waals surface area contributed by atoms with Crippen molar-refractivity contribution in [3.63, 3.8) is 0 Å². The molecule has 27 heavy (non-hydrogen) atoms. The third-order valence-corrected chi connectivity index (χ3v) is 4.57. The standard InChI is InChI=1S/C19H17ClN6O/c1-12(19-22-17(25-27-19)14-4-3-5-15(20)11-14)10-16-23-24-18(26(16)2)13-6-8-21-9-7-13/h3-9,11-12H,10H2,1-2H3/t12-/m0/s1. The van der Waals surface area contributed by atoms with Crippen LogP contribution < -0.4 is 0 Å². The van der Waals surface area contributed by atoms with Crippen molar-refractivity contribution in [3.05, 3.63) is 65.5 Å². The van der Waals surface area contributed by atoms with Crippen molar-refractivity contribution in [2.24, 2.45) is 7.05 Å². The maximum atomic E-state index is 6.03. The average molecular weight is 381 g/mol. The Morgan fingerprint density at radius 3 is 2.70 bits per heavy atom. The maximum absolute atomic E-state index is 6.03. The van der Waals surface area contributed by atoms with Gasteiger partial charge in [0.15, 0.2) is 5.82 Å². The minimum Gasteiger partial charge on any atom is -0.339 e. The van der Waals surface area contributed by atoms with E-state index >= 15 is 0 Å². The van der Waals surface area contributed by atoms with Gasteiger partial charge in [0, 0.05) is 47.9 Å². The van der Waals surface area contributed by atoms with Crippen molar-refractivity contribution in [2.75, 3.05) is 0 Å². The van der Waals surface area contributed by atoms with Crippen LogP contribution in [0.4, 0.5) is 0 Å². The van der Waals surface area contributed by atoms with Crippen molar-refractivity contribution in [1.82, 2.24) is 29.9 Å². The summed E-state index contributed by atoms with van der Waals surface area (Å²) in [5.41, 5.74) is 1.79. The molecule has 0 saturated heterocycles. The van der Waals surface area contributed by atoms with Crippen LogP contribution in [0.25, 0.3) is 22.8 Å². The van der Waals surface area contributed by atoms with Crippen molar-refractivity contribution in [2.45, 2.75) is 19.3 Å². The molecule has 0 N–H and O–H groups in total. The zero-order valence-corrected chi connectivity index (χ0v) is 15.6. The van der Waals surface area contributed by atoms with Crippen molar-refractivity contribution < 1.29 is 4.52 Å².